The van der Waals surface area contributed by atoms with Gasteiger partial charge in [0.05, 0.1) is 22.6 Å². The molecular formula is C28H29ClN4O. The van der Waals surface area contributed by atoms with Gasteiger partial charge in [-0.15, -0.1) is 0 Å². The minimum atomic E-state index is -0.353. The molecule has 2 heterocycles. The number of halogens is 1. The highest BCUT2D eigenvalue weighted by Gasteiger charge is 2.39. The maximum atomic E-state index is 13.6. The number of carbonyl (C=O) groups is 1. The van der Waals surface area contributed by atoms with Gasteiger partial charge in [0.2, 0.25) is 5.91 Å². The summed E-state index contributed by atoms with van der Waals surface area (Å²) in [6, 6.07) is 17.7. The highest BCUT2D eigenvalue weighted by molar-refractivity contribution is 6.35. The molecule has 0 atom stereocenters. The molecule has 5 rings (SSSR count). The van der Waals surface area contributed by atoms with Crippen LogP contribution in [0.15, 0.2) is 48.5 Å². The van der Waals surface area contributed by atoms with Crippen LogP contribution in [0.5, 0.6) is 0 Å². The number of carbonyl (C=O) groups excluding carboxylic acids is 1. The van der Waals surface area contributed by atoms with E-state index in [-0.39, 0.29) is 11.3 Å². The molecule has 0 bridgehead atoms. The summed E-state index contributed by atoms with van der Waals surface area (Å²) in [5.74, 6) is 0.682. The highest BCUT2D eigenvalue weighted by atomic mass is 35.5. The summed E-state index contributed by atoms with van der Waals surface area (Å²) in [5, 5.41) is 13.9. The molecule has 2 aromatic carbocycles. The molecule has 174 valence electrons. The van der Waals surface area contributed by atoms with Crippen molar-refractivity contribution in [2.45, 2.75) is 51.5 Å². The van der Waals surface area contributed by atoms with E-state index in [2.05, 4.69) is 27.3 Å². The van der Waals surface area contributed by atoms with Gasteiger partial charge < -0.3 is 5.32 Å². The predicted octanol–water partition coefficient (Wildman–Crippen LogP) is 6.10. The van der Waals surface area contributed by atoms with Crippen molar-refractivity contribution in [2.24, 2.45) is 5.41 Å². The first-order valence-electron chi connectivity index (χ1n) is 12.2. The van der Waals surface area contributed by atoms with Gasteiger partial charge in [0, 0.05) is 23.5 Å². The van der Waals surface area contributed by atoms with Crippen LogP contribution in [0.1, 0.15) is 55.2 Å². The summed E-state index contributed by atoms with van der Waals surface area (Å²) in [4.78, 5) is 20.7. The lowest BCUT2D eigenvalue weighted by Gasteiger charge is -2.38. The number of aromatic nitrogens is 1. The van der Waals surface area contributed by atoms with Gasteiger partial charge in [-0.3, -0.25) is 9.69 Å². The summed E-state index contributed by atoms with van der Waals surface area (Å²) < 4.78 is 0. The molecule has 1 N–H and O–H groups in total. The van der Waals surface area contributed by atoms with E-state index in [1.807, 2.05) is 42.5 Å². The van der Waals surface area contributed by atoms with Crippen LogP contribution in [-0.2, 0) is 17.8 Å². The van der Waals surface area contributed by atoms with Crippen LogP contribution in [0.4, 0.5) is 5.82 Å². The van der Waals surface area contributed by atoms with Crippen LogP contribution in [0.3, 0.4) is 0 Å². The second-order valence-electron chi connectivity index (χ2n) is 9.67. The fraction of sp³-hybridized carbons (Fsp3) is 0.393. The molecule has 1 saturated carbocycles. The average Bonchev–Trinajstić information content (AvgIpc) is 2.87. The van der Waals surface area contributed by atoms with Crippen molar-refractivity contribution < 1.29 is 4.79 Å². The number of hydrogen-bond donors (Lipinski definition) is 1. The molecule has 6 heteroatoms. The summed E-state index contributed by atoms with van der Waals surface area (Å²) in [6.07, 6.45) is 7.03. The highest BCUT2D eigenvalue weighted by Crippen LogP contribution is 2.41. The molecule has 1 fully saturated rings. The number of rotatable bonds is 5. The van der Waals surface area contributed by atoms with Gasteiger partial charge in [0.25, 0.3) is 0 Å². The molecule has 0 unspecified atom stereocenters. The third-order valence-corrected chi connectivity index (χ3v) is 7.88. The molecule has 34 heavy (non-hydrogen) atoms. The van der Waals surface area contributed by atoms with Crippen molar-refractivity contribution in [3.05, 3.63) is 70.2 Å². The predicted molar refractivity (Wildman–Crippen MR) is 136 cm³/mol. The number of amides is 1. The Morgan fingerprint density at radius 3 is 2.79 bits per heavy atom. The van der Waals surface area contributed by atoms with Gasteiger partial charge in [-0.25, -0.2) is 4.98 Å². The molecule has 1 aliphatic heterocycles. The fourth-order valence-electron chi connectivity index (χ4n) is 5.50. The second-order valence-corrected chi connectivity index (χ2v) is 10.1. The van der Waals surface area contributed by atoms with Crippen molar-refractivity contribution in [1.29, 1.82) is 5.26 Å². The van der Waals surface area contributed by atoms with Gasteiger partial charge >= 0.3 is 0 Å². The number of pyridine rings is 1. The Hall–Kier alpha value is -2.94. The molecule has 2 aliphatic rings. The maximum absolute atomic E-state index is 13.6. The summed E-state index contributed by atoms with van der Waals surface area (Å²) in [7, 11) is 0. The van der Waals surface area contributed by atoms with Crippen molar-refractivity contribution in [3.8, 4) is 6.07 Å². The Kier molecular flexibility index (Phi) is 6.54. The summed E-state index contributed by atoms with van der Waals surface area (Å²) in [5.41, 5.74) is 3.74. The zero-order valence-corrected chi connectivity index (χ0v) is 20.1. The normalized spacial score (nSPS) is 17.6. The van der Waals surface area contributed by atoms with Gasteiger partial charge in [0.1, 0.15) is 5.82 Å². The van der Waals surface area contributed by atoms with E-state index in [1.54, 1.807) is 0 Å². The van der Waals surface area contributed by atoms with Crippen LogP contribution in [0, 0.1) is 16.7 Å². The molecule has 1 amide bonds. The first-order chi connectivity index (χ1) is 16.6. The SMILES string of the molecule is N#Cc1ccc2c(c1)CCN(CCC1(C(=O)Nc3ccc4c(Cl)cccc4n3)CCCCC1)C2. The molecule has 1 aromatic heterocycles. The number of nitriles is 1. The number of fused-ring (bicyclic) bond motifs is 2. The van der Waals surface area contributed by atoms with Crippen molar-refractivity contribution in [2.75, 3.05) is 18.4 Å². The van der Waals surface area contributed by atoms with Crippen molar-refractivity contribution in [3.63, 3.8) is 0 Å². The number of hydrogen-bond acceptors (Lipinski definition) is 4. The first kappa shape index (κ1) is 22.8. The Morgan fingerprint density at radius 2 is 1.97 bits per heavy atom. The summed E-state index contributed by atoms with van der Waals surface area (Å²) in [6.45, 7) is 2.74. The van der Waals surface area contributed by atoms with Crippen LogP contribution in [0.2, 0.25) is 5.02 Å². The quantitative estimate of drug-likeness (QED) is 0.487. The van der Waals surface area contributed by atoms with Gasteiger partial charge in [-0.05, 0) is 79.8 Å². The molecule has 0 spiro atoms. The monoisotopic (exact) mass is 472 g/mol. The van der Waals surface area contributed by atoms with E-state index in [1.165, 1.54) is 17.5 Å². The van der Waals surface area contributed by atoms with Crippen molar-refractivity contribution in [1.82, 2.24) is 9.88 Å². The topological polar surface area (TPSA) is 69.0 Å². The average molecular weight is 473 g/mol. The Balaban J connectivity index is 1.29. The molecule has 0 saturated heterocycles. The lowest BCUT2D eigenvalue weighted by molar-refractivity contribution is -0.128. The Morgan fingerprint density at radius 1 is 1.12 bits per heavy atom. The van der Waals surface area contributed by atoms with E-state index < -0.39 is 0 Å². The number of nitrogens with one attached hydrogen (secondary N) is 1. The second kappa shape index (κ2) is 9.74. The van der Waals surface area contributed by atoms with Crippen LogP contribution in [0.25, 0.3) is 10.9 Å². The maximum Gasteiger partial charge on any atom is 0.231 e. The lowest BCUT2D eigenvalue weighted by Crippen LogP contribution is -2.42. The number of benzene rings is 2. The Labute approximate surface area is 205 Å². The van der Waals surface area contributed by atoms with E-state index >= 15 is 0 Å². The molecule has 0 radical (unpaired) electrons. The smallest absolute Gasteiger partial charge is 0.231 e. The lowest BCUT2D eigenvalue weighted by atomic mass is 9.71. The fourth-order valence-corrected chi connectivity index (χ4v) is 5.73. The van der Waals surface area contributed by atoms with Gasteiger partial charge in [-0.1, -0.05) is 43.0 Å². The third-order valence-electron chi connectivity index (χ3n) is 7.55. The van der Waals surface area contributed by atoms with Crippen LogP contribution in [-0.4, -0.2) is 28.9 Å². The molecule has 3 aromatic rings. The molecular weight excluding hydrogens is 444 g/mol. The molecule has 1 aliphatic carbocycles. The minimum absolute atomic E-state index is 0.0946. The van der Waals surface area contributed by atoms with E-state index in [0.29, 0.717) is 10.8 Å². The van der Waals surface area contributed by atoms with Gasteiger partial charge in [-0.2, -0.15) is 5.26 Å². The number of anilines is 1. The first-order valence-corrected chi connectivity index (χ1v) is 12.6. The zero-order chi connectivity index (χ0) is 23.5. The molecule has 5 nitrogen and oxygen atoms in total. The third kappa shape index (κ3) is 4.66. The van der Waals surface area contributed by atoms with Crippen molar-refractivity contribution >= 4 is 34.2 Å². The number of nitrogens with zero attached hydrogens (tertiary/aromatic N) is 3. The van der Waals surface area contributed by atoms with Gasteiger partial charge in [0.15, 0.2) is 0 Å². The largest absolute Gasteiger partial charge is 0.310 e. The summed E-state index contributed by atoms with van der Waals surface area (Å²) >= 11 is 6.27. The van der Waals surface area contributed by atoms with Crippen LogP contribution >= 0.6 is 11.6 Å². The van der Waals surface area contributed by atoms with E-state index in [9.17, 15) is 4.79 Å². The standard InChI is InChI=1S/C28H29ClN4O/c29-24-5-4-6-25-23(24)9-10-26(31-25)32-27(34)28(12-2-1-3-13-28)14-16-33-15-11-21-17-20(18-30)7-8-22(21)19-33/h4-10,17H,1-3,11-16,19H2,(H,31,32,34). The Bertz CT molecular complexity index is 1260. The van der Waals surface area contributed by atoms with E-state index in [0.717, 1.165) is 74.6 Å². The van der Waals surface area contributed by atoms with Crippen LogP contribution < -0.4 is 5.32 Å². The van der Waals surface area contributed by atoms with E-state index in [4.69, 9.17) is 16.9 Å². The zero-order valence-electron chi connectivity index (χ0n) is 19.3. The minimum Gasteiger partial charge on any atom is -0.310 e.